The molecule has 0 fully saturated rings. The van der Waals surface area contributed by atoms with Gasteiger partial charge in [0.25, 0.3) is 0 Å². The van der Waals surface area contributed by atoms with Gasteiger partial charge < -0.3 is 9.47 Å². The van der Waals surface area contributed by atoms with Gasteiger partial charge in [0.05, 0.1) is 12.8 Å². The lowest BCUT2D eigenvalue weighted by Gasteiger charge is -2.10. The zero-order valence-electron chi connectivity index (χ0n) is 9.96. The highest BCUT2D eigenvalue weighted by atomic mass is 16.5. The SMILES string of the molecule is CCOc1cc(C#N)ncc1Oc1ccccc1. The molecule has 1 aromatic heterocycles. The van der Waals surface area contributed by atoms with E-state index in [1.165, 1.54) is 6.20 Å². The first-order valence-electron chi connectivity index (χ1n) is 5.59. The highest BCUT2D eigenvalue weighted by Gasteiger charge is 2.08. The van der Waals surface area contributed by atoms with Crippen LogP contribution in [0.1, 0.15) is 12.6 Å². The van der Waals surface area contributed by atoms with Gasteiger partial charge in [-0.15, -0.1) is 0 Å². The molecule has 0 saturated carbocycles. The van der Waals surface area contributed by atoms with Crippen LogP contribution in [0.25, 0.3) is 0 Å². The summed E-state index contributed by atoms with van der Waals surface area (Å²) in [6.45, 7) is 2.37. The fourth-order valence-corrected chi connectivity index (χ4v) is 1.45. The standard InChI is InChI=1S/C14H12N2O2/c1-2-17-13-8-11(9-15)16-10-14(13)18-12-6-4-3-5-7-12/h3-8,10H,2H2,1H3. The lowest BCUT2D eigenvalue weighted by atomic mass is 10.3. The van der Waals surface area contributed by atoms with Crippen LogP contribution in [-0.2, 0) is 0 Å². The fourth-order valence-electron chi connectivity index (χ4n) is 1.45. The van der Waals surface area contributed by atoms with Gasteiger partial charge in [-0.05, 0) is 19.1 Å². The number of nitrogens with zero attached hydrogens (tertiary/aromatic N) is 2. The number of rotatable bonds is 4. The Morgan fingerprint density at radius 1 is 1.22 bits per heavy atom. The molecule has 0 spiro atoms. The second-order valence-corrected chi connectivity index (χ2v) is 3.48. The third-order valence-corrected chi connectivity index (χ3v) is 2.22. The number of nitriles is 1. The van der Waals surface area contributed by atoms with Crippen LogP contribution in [0, 0.1) is 11.3 Å². The normalized spacial score (nSPS) is 9.56. The van der Waals surface area contributed by atoms with Crippen molar-refractivity contribution >= 4 is 0 Å². The number of hydrogen-bond donors (Lipinski definition) is 0. The maximum atomic E-state index is 8.80. The molecule has 4 heteroatoms. The molecule has 0 bridgehead atoms. The van der Waals surface area contributed by atoms with Gasteiger partial charge in [0, 0.05) is 6.07 Å². The zero-order valence-corrected chi connectivity index (χ0v) is 9.96. The van der Waals surface area contributed by atoms with Crippen LogP contribution in [0.2, 0.25) is 0 Å². The maximum absolute atomic E-state index is 8.80. The van der Waals surface area contributed by atoms with Gasteiger partial charge in [-0.25, -0.2) is 4.98 Å². The Labute approximate surface area is 105 Å². The van der Waals surface area contributed by atoms with Gasteiger partial charge in [-0.2, -0.15) is 5.26 Å². The van der Waals surface area contributed by atoms with Gasteiger partial charge in [-0.3, -0.25) is 0 Å². The number of aromatic nitrogens is 1. The van der Waals surface area contributed by atoms with E-state index < -0.39 is 0 Å². The maximum Gasteiger partial charge on any atom is 0.187 e. The Morgan fingerprint density at radius 3 is 2.67 bits per heavy atom. The molecule has 2 aromatic rings. The summed E-state index contributed by atoms with van der Waals surface area (Å²) in [7, 11) is 0. The molecule has 0 aliphatic carbocycles. The average molecular weight is 240 g/mol. The van der Waals surface area contributed by atoms with Gasteiger partial charge in [0.1, 0.15) is 17.5 Å². The number of ether oxygens (including phenoxy) is 2. The predicted molar refractivity (Wildman–Crippen MR) is 66.6 cm³/mol. The van der Waals surface area contributed by atoms with Crippen molar-refractivity contribution < 1.29 is 9.47 Å². The van der Waals surface area contributed by atoms with Crippen molar-refractivity contribution in [2.24, 2.45) is 0 Å². The smallest absolute Gasteiger partial charge is 0.187 e. The highest BCUT2D eigenvalue weighted by molar-refractivity contribution is 5.44. The Kier molecular flexibility index (Phi) is 3.77. The van der Waals surface area contributed by atoms with Gasteiger partial charge in [0.2, 0.25) is 0 Å². The van der Waals surface area contributed by atoms with Crippen molar-refractivity contribution in [1.29, 1.82) is 5.26 Å². The van der Waals surface area contributed by atoms with E-state index in [1.807, 2.05) is 43.3 Å². The van der Waals surface area contributed by atoms with E-state index >= 15 is 0 Å². The molecule has 0 aliphatic heterocycles. The highest BCUT2D eigenvalue weighted by Crippen LogP contribution is 2.31. The van der Waals surface area contributed by atoms with Crippen molar-refractivity contribution in [3.05, 3.63) is 48.3 Å². The van der Waals surface area contributed by atoms with Gasteiger partial charge >= 0.3 is 0 Å². The predicted octanol–water partition coefficient (Wildman–Crippen LogP) is 3.14. The third-order valence-electron chi connectivity index (χ3n) is 2.22. The van der Waals surface area contributed by atoms with Crippen molar-refractivity contribution in [2.45, 2.75) is 6.92 Å². The molecule has 0 aliphatic rings. The van der Waals surface area contributed by atoms with Crippen molar-refractivity contribution in [3.63, 3.8) is 0 Å². The minimum atomic E-state index is 0.305. The lowest BCUT2D eigenvalue weighted by Crippen LogP contribution is -1.97. The Bertz CT molecular complexity index is 562. The van der Waals surface area contributed by atoms with E-state index in [1.54, 1.807) is 6.07 Å². The molecule has 0 radical (unpaired) electrons. The largest absolute Gasteiger partial charge is 0.490 e. The summed E-state index contributed by atoms with van der Waals surface area (Å²) in [5.41, 5.74) is 0.305. The molecule has 0 unspecified atom stereocenters. The summed E-state index contributed by atoms with van der Waals surface area (Å²) in [4.78, 5) is 3.97. The molecular formula is C14H12N2O2. The molecule has 1 aromatic carbocycles. The fraction of sp³-hybridized carbons (Fsp3) is 0.143. The lowest BCUT2D eigenvalue weighted by molar-refractivity contribution is 0.320. The Morgan fingerprint density at radius 2 is 2.00 bits per heavy atom. The first kappa shape index (κ1) is 11.9. The van der Waals surface area contributed by atoms with E-state index in [2.05, 4.69) is 4.98 Å². The second-order valence-electron chi connectivity index (χ2n) is 3.48. The molecule has 0 amide bonds. The molecule has 0 atom stereocenters. The van der Waals surface area contributed by atoms with Crippen molar-refractivity contribution in [3.8, 4) is 23.3 Å². The summed E-state index contributed by atoms with van der Waals surface area (Å²) < 4.78 is 11.1. The van der Waals surface area contributed by atoms with E-state index in [0.717, 1.165) is 0 Å². The number of pyridine rings is 1. The quantitative estimate of drug-likeness (QED) is 0.823. The van der Waals surface area contributed by atoms with Crippen LogP contribution in [0.5, 0.6) is 17.2 Å². The van der Waals surface area contributed by atoms with Crippen molar-refractivity contribution in [2.75, 3.05) is 6.61 Å². The number of hydrogen-bond acceptors (Lipinski definition) is 4. The van der Waals surface area contributed by atoms with Crippen LogP contribution in [0.15, 0.2) is 42.6 Å². The van der Waals surface area contributed by atoms with Crippen LogP contribution >= 0.6 is 0 Å². The molecular weight excluding hydrogens is 228 g/mol. The summed E-state index contributed by atoms with van der Waals surface area (Å²) in [5, 5.41) is 8.80. The zero-order chi connectivity index (χ0) is 12.8. The minimum absolute atomic E-state index is 0.305. The Hall–Kier alpha value is -2.54. The second kappa shape index (κ2) is 5.69. The minimum Gasteiger partial charge on any atom is -0.490 e. The van der Waals surface area contributed by atoms with E-state index in [0.29, 0.717) is 29.5 Å². The average Bonchev–Trinajstić information content (AvgIpc) is 2.42. The summed E-state index contributed by atoms with van der Waals surface area (Å²) in [6, 6.07) is 12.9. The first-order chi connectivity index (χ1) is 8.83. The summed E-state index contributed by atoms with van der Waals surface area (Å²) in [5.74, 6) is 1.72. The van der Waals surface area contributed by atoms with Crippen LogP contribution < -0.4 is 9.47 Å². The van der Waals surface area contributed by atoms with Gasteiger partial charge in [-0.1, -0.05) is 18.2 Å². The molecule has 90 valence electrons. The van der Waals surface area contributed by atoms with Gasteiger partial charge in [0.15, 0.2) is 11.5 Å². The first-order valence-corrected chi connectivity index (χ1v) is 5.59. The van der Waals surface area contributed by atoms with E-state index in [4.69, 9.17) is 14.7 Å². The van der Waals surface area contributed by atoms with E-state index in [-0.39, 0.29) is 0 Å². The molecule has 0 N–H and O–H groups in total. The molecule has 18 heavy (non-hydrogen) atoms. The Balaban J connectivity index is 2.30. The number of para-hydroxylation sites is 1. The topological polar surface area (TPSA) is 55.1 Å². The van der Waals surface area contributed by atoms with Crippen molar-refractivity contribution in [1.82, 2.24) is 4.98 Å². The summed E-state index contributed by atoms with van der Waals surface area (Å²) >= 11 is 0. The monoisotopic (exact) mass is 240 g/mol. The molecule has 4 nitrogen and oxygen atoms in total. The molecule has 2 rings (SSSR count). The molecule has 1 heterocycles. The molecule has 0 saturated heterocycles. The van der Waals surface area contributed by atoms with Crippen LogP contribution in [0.3, 0.4) is 0 Å². The summed E-state index contributed by atoms with van der Waals surface area (Å²) in [6.07, 6.45) is 1.50. The van der Waals surface area contributed by atoms with Crippen LogP contribution in [-0.4, -0.2) is 11.6 Å². The van der Waals surface area contributed by atoms with Crippen LogP contribution in [0.4, 0.5) is 0 Å². The third kappa shape index (κ3) is 2.77. The number of benzene rings is 1. The van der Waals surface area contributed by atoms with E-state index in [9.17, 15) is 0 Å².